The second-order valence-corrected chi connectivity index (χ2v) is 4.91. The van der Waals surface area contributed by atoms with Crippen molar-refractivity contribution in [2.45, 2.75) is 20.1 Å². The van der Waals surface area contributed by atoms with E-state index >= 15 is 0 Å². The number of ether oxygens (including phenoxy) is 1. The summed E-state index contributed by atoms with van der Waals surface area (Å²) in [6.45, 7) is 3.04. The molecule has 5 nitrogen and oxygen atoms in total. The van der Waals surface area contributed by atoms with Crippen LogP contribution in [0, 0.1) is 0 Å². The van der Waals surface area contributed by atoms with E-state index in [1.165, 1.54) is 0 Å². The fraction of sp³-hybridized carbons (Fsp3) is 0.176. The molecule has 0 aliphatic heterocycles. The first-order valence-electron chi connectivity index (χ1n) is 7.08. The summed E-state index contributed by atoms with van der Waals surface area (Å²) in [4.78, 5) is 15.4. The average molecular weight is 296 g/mol. The molecule has 0 saturated carbocycles. The van der Waals surface area contributed by atoms with Crippen LogP contribution < -0.4 is 4.74 Å². The van der Waals surface area contributed by atoms with Crippen molar-refractivity contribution in [3.63, 3.8) is 0 Å². The van der Waals surface area contributed by atoms with Gasteiger partial charge in [-0.2, -0.15) is 0 Å². The predicted molar refractivity (Wildman–Crippen MR) is 83.1 cm³/mol. The van der Waals surface area contributed by atoms with Crippen molar-refractivity contribution in [2.24, 2.45) is 0 Å². The van der Waals surface area contributed by atoms with Crippen molar-refractivity contribution in [2.75, 3.05) is 0 Å². The monoisotopic (exact) mass is 296 g/mol. The molecule has 0 aliphatic rings. The molecule has 0 bridgehead atoms. The van der Waals surface area contributed by atoms with Crippen molar-refractivity contribution >= 4 is 16.9 Å². The Balaban J connectivity index is 1.99. The van der Waals surface area contributed by atoms with Crippen molar-refractivity contribution in [3.05, 3.63) is 60.0 Å². The Bertz CT molecular complexity index is 809. The molecule has 2 aromatic heterocycles. The van der Waals surface area contributed by atoms with E-state index in [0.717, 1.165) is 16.6 Å². The van der Waals surface area contributed by atoms with Gasteiger partial charge in [-0.3, -0.25) is 4.98 Å². The Kier molecular flexibility index (Phi) is 3.78. The van der Waals surface area contributed by atoms with Gasteiger partial charge in [0.05, 0.1) is 23.0 Å². The van der Waals surface area contributed by atoms with Crippen LogP contribution in [0.25, 0.3) is 10.9 Å². The van der Waals surface area contributed by atoms with Gasteiger partial charge in [-0.25, -0.2) is 4.79 Å². The van der Waals surface area contributed by atoms with Crippen molar-refractivity contribution < 1.29 is 14.6 Å². The zero-order chi connectivity index (χ0) is 15.5. The summed E-state index contributed by atoms with van der Waals surface area (Å²) in [5.74, 6) is -0.230. The highest BCUT2D eigenvalue weighted by molar-refractivity contribution is 6.02. The zero-order valence-corrected chi connectivity index (χ0v) is 12.2. The molecule has 0 unspecified atom stereocenters. The second kappa shape index (κ2) is 5.89. The molecule has 0 saturated heterocycles. The van der Waals surface area contributed by atoms with Crippen LogP contribution in [-0.2, 0) is 13.2 Å². The SMILES string of the molecule is CCn1c(COc2cccnc2)cc2cccc(C(=O)O)c21. The smallest absolute Gasteiger partial charge is 0.337 e. The normalized spacial score (nSPS) is 10.8. The van der Waals surface area contributed by atoms with Gasteiger partial charge in [-0.05, 0) is 31.2 Å². The molecule has 1 aromatic carbocycles. The topological polar surface area (TPSA) is 64.4 Å². The largest absolute Gasteiger partial charge is 0.486 e. The third kappa shape index (κ3) is 2.53. The summed E-state index contributed by atoms with van der Waals surface area (Å²) in [6.07, 6.45) is 3.34. The number of aryl methyl sites for hydroxylation is 1. The van der Waals surface area contributed by atoms with Gasteiger partial charge in [0.2, 0.25) is 0 Å². The van der Waals surface area contributed by atoms with Gasteiger partial charge in [0.15, 0.2) is 0 Å². The van der Waals surface area contributed by atoms with E-state index in [9.17, 15) is 9.90 Å². The number of para-hydroxylation sites is 1. The Hall–Kier alpha value is -2.82. The number of aromatic nitrogens is 2. The fourth-order valence-electron chi connectivity index (χ4n) is 2.62. The molecule has 0 amide bonds. The highest BCUT2D eigenvalue weighted by Gasteiger charge is 2.15. The van der Waals surface area contributed by atoms with Gasteiger partial charge < -0.3 is 14.4 Å². The molecule has 1 N–H and O–H groups in total. The van der Waals surface area contributed by atoms with Crippen LogP contribution in [0.5, 0.6) is 5.75 Å². The molecular formula is C17H16N2O3. The van der Waals surface area contributed by atoms with Gasteiger partial charge in [0.1, 0.15) is 12.4 Å². The van der Waals surface area contributed by atoms with Gasteiger partial charge in [0, 0.05) is 18.1 Å². The fourth-order valence-corrected chi connectivity index (χ4v) is 2.62. The number of carboxylic acid groups (broad SMARTS) is 1. The minimum absolute atomic E-state index is 0.312. The molecule has 5 heteroatoms. The predicted octanol–water partition coefficient (Wildman–Crippen LogP) is 3.33. The Labute approximate surface area is 127 Å². The van der Waals surface area contributed by atoms with E-state index in [1.807, 2.05) is 35.8 Å². The molecule has 112 valence electrons. The standard InChI is InChI=1S/C17H16N2O3/c1-2-19-13(11-22-14-6-4-8-18-10-14)9-12-5-3-7-15(16(12)19)17(20)21/h3-10H,2,11H2,1H3,(H,20,21). The lowest BCUT2D eigenvalue weighted by Crippen LogP contribution is -2.07. The zero-order valence-electron chi connectivity index (χ0n) is 12.2. The van der Waals surface area contributed by atoms with Gasteiger partial charge in [-0.1, -0.05) is 12.1 Å². The number of hydrogen-bond donors (Lipinski definition) is 1. The maximum Gasteiger partial charge on any atom is 0.337 e. The lowest BCUT2D eigenvalue weighted by molar-refractivity contribution is 0.0698. The number of pyridine rings is 1. The van der Waals surface area contributed by atoms with Crippen LogP contribution in [0.15, 0.2) is 48.8 Å². The average Bonchev–Trinajstić information content (AvgIpc) is 2.91. The van der Waals surface area contributed by atoms with Gasteiger partial charge >= 0.3 is 5.97 Å². The van der Waals surface area contributed by atoms with E-state index in [0.29, 0.717) is 24.5 Å². The van der Waals surface area contributed by atoms with E-state index in [-0.39, 0.29) is 0 Å². The van der Waals surface area contributed by atoms with Crippen molar-refractivity contribution in [3.8, 4) is 5.75 Å². The van der Waals surface area contributed by atoms with Crippen molar-refractivity contribution in [1.29, 1.82) is 0 Å². The summed E-state index contributed by atoms with van der Waals surface area (Å²) in [6, 6.07) is 10.9. The first kappa shape index (κ1) is 14.1. The maximum atomic E-state index is 11.4. The van der Waals surface area contributed by atoms with Crippen molar-refractivity contribution in [1.82, 2.24) is 9.55 Å². The summed E-state index contributed by atoms with van der Waals surface area (Å²) in [5, 5.41) is 10.3. The minimum atomic E-state index is -0.918. The van der Waals surface area contributed by atoms with E-state index in [1.54, 1.807) is 24.5 Å². The number of nitrogens with zero attached hydrogens (tertiary/aromatic N) is 2. The quantitative estimate of drug-likeness (QED) is 0.784. The summed E-state index contributed by atoms with van der Waals surface area (Å²) < 4.78 is 7.71. The number of hydrogen-bond acceptors (Lipinski definition) is 3. The highest BCUT2D eigenvalue weighted by Crippen LogP contribution is 2.25. The Morgan fingerprint density at radius 1 is 1.32 bits per heavy atom. The summed E-state index contributed by atoms with van der Waals surface area (Å²) in [5.41, 5.74) is 1.99. The molecule has 0 fully saturated rings. The number of rotatable bonds is 5. The third-order valence-electron chi connectivity index (χ3n) is 3.57. The number of fused-ring (bicyclic) bond motifs is 1. The molecule has 0 spiro atoms. The summed E-state index contributed by atoms with van der Waals surface area (Å²) >= 11 is 0. The maximum absolute atomic E-state index is 11.4. The van der Waals surface area contributed by atoms with E-state index in [4.69, 9.17) is 4.74 Å². The molecule has 2 heterocycles. The lowest BCUT2D eigenvalue weighted by Gasteiger charge is -2.10. The van der Waals surface area contributed by atoms with Crippen LogP contribution in [0.4, 0.5) is 0 Å². The van der Waals surface area contributed by atoms with Gasteiger partial charge in [-0.15, -0.1) is 0 Å². The molecule has 0 atom stereocenters. The highest BCUT2D eigenvalue weighted by atomic mass is 16.5. The number of aromatic carboxylic acids is 1. The lowest BCUT2D eigenvalue weighted by atomic mass is 10.1. The second-order valence-electron chi connectivity index (χ2n) is 4.91. The molecule has 3 aromatic rings. The third-order valence-corrected chi connectivity index (χ3v) is 3.57. The molecular weight excluding hydrogens is 280 g/mol. The van der Waals surface area contributed by atoms with Crippen LogP contribution in [0.1, 0.15) is 23.0 Å². The minimum Gasteiger partial charge on any atom is -0.486 e. The Morgan fingerprint density at radius 3 is 2.86 bits per heavy atom. The first-order chi connectivity index (χ1) is 10.7. The van der Waals surface area contributed by atoms with E-state index < -0.39 is 5.97 Å². The van der Waals surface area contributed by atoms with E-state index in [2.05, 4.69) is 4.98 Å². The molecule has 0 radical (unpaired) electrons. The molecule has 22 heavy (non-hydrogen) atoms. The summed E-state index contributed by atoms with van der Waals surface area (Å²) in [7, 11) is 0. The van der Waals surface area contributed by atoms with Crippen LogP contribution in [0.2, 0.25) is 0 Å². The molecule has 0 aliphatic carbocycles. The first-order valence-corrected chi connectivity index (χ1v) is 7.08. The Morgan fingerprint density at radius 2 is 2.18 bits per heavy atom. The van der Waals surface area contributed by atoms with Crippen LogP contribution in [0.3, 0.4) is 0 Å². The number of carbonyl (C=O) groups is 1. The van der Waals surface area contributed by atoms with Crippen LogP contribution in [-0.4, -0.2) is 20.6 Å². The molecule has 3 rings (SSSR count). The van der Waals surface area contributed by atoms with Gasteiger partial charge in [0.25, 0.3) is 0 Å². The number of carboxylic acids is 1. The van der Waals surface area contributed by atoms with Crippen LogP contribution >= 0.6 is 0 Å². The number of benzene rings is 1.